The zero-order valence-electron chi connectivity index (χ0n) is 18.3. The third-order valence-electron chi connectivity index (χ3n) is 6.13. The fraction of sp³-hybridized carbons (Fsp3) is 0.0625. The Morgan fingerprint density at radius 2 is 0.735 bits per heavy atom. The van der Waals surface area contributed by atoms with E-state index in [1.165, 1.54) is 37.9 Å². The molecule has 34 heavy (non-hydrogen) atoms. The Morgan fingerprint density at radius 1 is 0.412 bits per heavy atom. The van der Waals surface area contributed by atoms with Gasteiger partial charge in [-0.25, -0.2) is 0 Å². The van der Waals surface area contributed by atoms with Gasteiger partial charge in [-0.05, 0) is 65.2 Å². The molecule has 0 saturated heterocycles. The molecular weight excluding hydrogens is 495 g/mol. The molecule has 0 atom stereocenters. The van der Waals surface area contributed by atoms with E-state index in [9.17, 15) is 0 Å². The molecule has 0 radical (unpaired) electrons. The minimum Gasteiger partial charge on any atom is -0.0876 e. The Kier molecular flexibility index (Phi) is 7.78. The van der Waals surface area contributed by atoms with Crippen molar-refractivity contribution in [3.8, 4) is 11.1 Å². The summed E-state index contributed by atoms with van der Waals surface area (Å²) in [5, 5.41) is 6.36. The lowest BCUT2D eigenvalue weighted by molar-refractivity contribution is 1.44. The smallest absolute Gasteiger partial charge is 0.0876 e. The van der Waals surface area contributed by atoms with Crippen LogP contribution in [-0.4, -0.2) is 0 Å². The average Bonchev–Trinajstić information content (AvgIpc) is 2.91. The number of benzene rings is 5. The molecule has 0 fully saturated rings. The quantitative estimate of drug-likeness (QED) is 0.159. The maximum absolute atomic E-state index is 3.54. The van der Waals surface area contributed by atoms with Crippen molar-refractivity contribution in [3.63, 3.8) is 0 Å². The predicted molar refractivity (Wildman–Crippen MR) is 156 cm³/mol. The van der Waals surface area contributed by atoms with Crippen LogP contribution < -0.4 is 21.2 Å². The number of halogens is 1. The molecule has 5 aromatic rings. The van der Waals surface area contributed by atoms with Crippen molar-refractivity contribution in [2.75, 3.05) is 0 Å². The molecule has 168 valence electrons. The van der Waals surface area contributed by atoms with Gasteiger partial charge in [0, 0.05) is 5.33 Å². The van der Waals surface area contributed by atoms with Crippen molar-refractivity contribution in [2.24, 2.45) is 0 Å². The van der Waals surface area contributed by atoms with Gasteiger partial charge < -0.3 is 0 Å². The summed E-state index contributed by atoms with van der Waals surface area (Å²) in [5.41, 5.74) is 3.78. The van der Waals surface area contributed by atoms with E-state index in [2.05, 4.69) is 155 Å². The molecule has 2 heteroatoms. The first-order valence-corrected chi connectivity index (χ1v) is 14.1. The maximum Gasteiger partial charge on any atom is 0.144 e. The molecule has 0 aliphatic heterocycles. The summed E-state index contributed by atoms with van der Waals surface area (Å²) in [5.74, 6) is 0. The van der Waals surface area contributed by atoms with Crippen molar-refractivity contribution in [1.29, 1.82) is 0 Å². The van der Waals surface area contributed by atoms with Crippen molar-refractivity contribution in [3.05, 3.63) is 145 Å². The van der Waals surface area contributed by atoms with Gasteiger partial charge in [0.2, 0.25) is 0 Å². The molecule has 0 aliphatic rings. The molecule has 0 N–H and O–H groups in total. The van der Waals surface area contributed by atoms with Crippen molar-refractivity contribution in [1.82, 2.24) is 0 Å². The van der Waals surface area contributed by atoms with Crippen LogP contribution in [0.4, 0.5) is 0 Å². The molecule has 5 aromatic carbocycles. The van der Waals surface area contributed by atoms with E-state index in [0.717, 1.165) is 5.33 Å². The van der Waals surface area contributed by atoms with E-state index < -0.39 is 7.26 Å². The minimum absolute atomic E-state index is 0. The molecule has 0 spiro atoms. The van der Waals surface area contributed by atoms with Crippen molar-refractivity contribution < 1.29 is 0 Å². The molecule has 0 unspecified atom stereocenters. The number of alkyl halides is 1. The maximum atomic E-state index is 3.54. The number of hydrogen-bond donors (Lipinski definition) is 0. The Morgan fingerprint density at radius 3 is 1.09 bits per heavy atom. The van der Waals surface area contributed by atoms with Gasteiger partial charge in [0.05, 0.1) is 0 Å². The summed E-state index contributed by atoms with van der Waals surface area (Å²) in [7, 11) is -2.04. The highest BCUT2D eigenvalue weighted by Crippen LogP contribution is 2.54. The highest BCUT2D eigenvalue weighted by molar-refractivity contribution is 9.08. The average molecular weight is 524 g/mol. The molecule has 0 amide bonds. The molecule has 5 rings (SSSR count). The van der Waals surface area contributed by atoms with Gasteiger partial charge in [-0.3, -0.25) is 0 Å². The van der Waals surface area contributed by atoms with Crippen LogP contribution in [0.2, 0.25) is 0 Å². The zero-order valence-corrected chi connectivity index (χ0v) is 20.8. The Balaban J connectivity index is 0.00000274. The first-order chi connectivity index (χ1) is 16.3. The van der Waals surface area contributed by atoms with Gasteiger partial charge in [0.1, 0.15) is 28.5 Å². The summed E-state index contributed by atoms with van der Waals surface area (Å²) in [6.45, 7) is 0. The van der Waals surface area contributed by atoms with Crippen molar-refractivity contribution in [2.45, 2.75) is 12.8 Å². The molecule has 0 bridgehead atoms. The molecule has 0 heterocycles. The Labute approximate surface area is 212 Å². The third kappa shape index (κ3) is 4.51. The second-order valence-electron chi connectivity index (χ2n) is 8.05. The summed E-state index contributed by atoms with van der Waals surface area (Å²) >= 11 is 3.54. The van der Waals surface area contributed by atoms with Gasteiger partial charge >= 0.3 is 0 Å². The van der Waals surface area contributed by atoms with Crippen LogP contribution in [0, 0.1) is 0 Å². The molecule has 0 saturated carbocycles. The second kappa shape index (κ2) is 11.0. The van der Waals surface area contributed by atoms with Gasteiger partial charge in [0.15, 0.2) is 0 Å². The fourth-order valence-corrected chi connectivity index (χ4v) is 9.13. The van der Waals surface area contributed by atoms with E-state index in [0.29, 0.717) is 0 Å². The van der Waals surface area contributed by atoms with Crippen LogP contribution in [0.3, 0.4) is 0 Å². The van der Waals surface area contributed by atoms with Crippen LogP contribution in [0.25, 0.3) is 11.1 Å². The van der Waals surface area contributed by atoms with Gasteiger partial charge in [-0.1, -0.05) is 114 Å². The van der Waals surface area contributed by atoms with E-state index in [-0.39, 0.29) is 7.43 Å². The lowest BCUT2D eigenvalue weighted by atomic mass is 10.0. The first kappa shape index (κ1) is 24.1. The third-order valence-corrected chi connectivity index (χ3v) is 11.1. The topological polar surface area (TPSA) is 0 Å². The van der Waals surface area contributed by atoms with Gasteiger partial charge in [0.25, 0.3) is 0 Å². The minimum atomic E-state index is -2.04. The van der Waals surface area contributed by atoms with E-state index in [1.807, 2.05) is 0 Å². The van der Waals surface area contributed by atoms with Gasteiger partial charge in [-0.15, -0.1) is 0 Å². The molecular formula is C32H29BrP+. The second-order valence-corrected chi connectivity index (χ2v) is 12.0. The summed E-state index contributed by atoms with van der Waals surface area (Å²) < 4.78 is 0. The summed E-state index contributed by atoms with van der Waals surface area (Å²) in [6.07, 6.45) is 0. The fourth-order valence-electron chi connectivity index (χ4n) is 4.51. The van der Waals surface area contributed by atoms with Crippen LogP contribution >= 0.6 is 23.2 Å². The van der Waals surface area contributed by atoms with Crippen LogP contribution in [0.1, 0.15) is 13.0 Å². The van der Waals surface area contributed by atoms with Crippen LogP contribution in [0.15, 0.2) is 140 Å². The Bertz CT molecular complexity index is 1200. The summed E-state index contributed by atoms with van der Waals surface area (Å²) in [6, 6.07) is 51.1. The van der Waals surface area contributed by atoms with Gasteiger partial charge in [-0.2, -0.15) is 0 Å². The van der Waals surface area contributed by atoms with Crippen LogP contribution in [0.5, 0.6) is 0 Å². The summed E-state index contributed by atoms with van der Waals surface area (Å²) in [4.78, 5) is 0. The number of hydrogen-bond acceptors (Lipinski definition) is 0. The normalized spacial score (nSPS) is 11.0. The highest BCUT2D eigenvalue weighted by Gasteiger charge is 2.47. The van der Waals surface area contributed by atoms with E-state index >= 15 is 0 Å². The van der Waals surface area contributed by atoms with Crippen LogP contribution in [-0.2, 0) is 5.33 Å². The lowest BCUT2D eigenvalue weighted by Crippen LogP contribution is -2.38. The molecule has 0 nitrogen and oxygen atoms in total. The molecule has 0 aromatic heterocycles. The highest BCUT2D eigenvalue weighted by atomic mass is 79.9. The number of rotatable bonds is 6. The SMILES string of the molecule is BrCc1ccc(-c2ccc([P+](c3ccccc3)(c3ccccc3)c3ccccc3)cc2)cc1.C. The monoisotopic (exact) mass is 523 g/mol. The first-order valence-electron chi connectivity index (χ1n) is 11.1. The van der Waals surface area contributed by atoms with E-state index in [1.54, 1.807) is 0 Å². The lowest BCUT2D eigenvalue weighted by Gasteiger charge is -2.27. The largest absolute Gasteiger partial charge is 0.144 e. The van der Waals surface area contributed by atoms with Crippen molar-refractivity contribution >= 4 is 44.4 Å². The predicted octanol–water partition coefficient (Wildman–Crippen LogP) is 7.50. The zero-order chi connectivity index (χ0) is 22.5. The Hall–Kier alpha value is -2.99. The standard InChI is InChI=1S/C31H25BrP.CH4/c32-24-25-16-18-26(19-17-25)27-20-22-31(23-21-27)33(28-10-4-1-5-11-28,29-12-6-2-7-13-29)30-14-8-3-9-15-30;/h1-23H,24H2;1H4/q+1;. The van der Waals surface area contributed by atoms with E-state index in [4.69, 9.17) is 0 Å². The molecule has 0 aliphatic carbocycles.